The molecule has 0 aliphatic heterocycles. The van der Waals surface area contributed by atoms with Gasteiger partial charge in [0.25, 0.3) is 10.1 Å². The molecule has 0 aromatic heterocycles. The number of benzene rings is 2. The standard InChI is InChI=1S/C15H16ClNO5S/c16-9-11(18)10-17-14-8-13(23(19,20)21)6-7-15(14)22-12-4-2-1-3-5-12/h1-8,11,17-18H,9-10H2,(H,19,20,21). The molecule has 1 atom stereocenters. The van der Waals surface area contributed by atoms with E-state index in [-0.39, 0.29) is 17.3 Å². The van der Waals surface area contributed by atoms with E-state index in [9.17, 15) is 13.5 Å². The van der Waals surface area contributed by atoms with Crippen molar-refractivity contribution in [2.75, 3.05) is 17.7 Å². The summed E-state index contributed by atoms with van der Waals surface area (Å²) in [5.74, 6) is 0.943. The van der Waals surface area contributed by atoms with E-state index >= 15 is 0 Å². The molecule has 0 heterocycles. The number of halogens is 1. The van der Waals surface area contributed by atoms with Crippen molar-refractivity contribution in [1.82, 2.24) is 0 Å². The molecule has 8 heteroatoms. The SMILES string of the molecule is O=S(=O)(O)c1ccc(Oc2ccccc2)c(NCC(O)CCl)c1. The average molecular weight is 358 g/mol. The summed E-state index contributed by atoms with van der Waals surface area (Å²) in [6.07, 6.45) is -0.810. The van der Waals surface area contributed by atoms with Crippen molar-refractivity contribution >= 4 is 27.4 Å². The van der Waals surface area contributed by atoms with E-state index in [2.05, 4.69) is 5.32 Å². The predicted octanol–water partition coefficient (Wildman–Crippen LogP) is 2.74. The molecule has 2 aromatic rings. The van der Waals surface area contributed by atoms with Gasteiger partial charge in [0.15, 0.2) is 5.75 Å². The maximum absolute atomic E-state index is 11.3. The molecule has 0 fully saturated rings. The monoisotopic (exact) mass is 357 g/mol. The van der Waals surface area contributed by atoms with Crippen molar-refractivity contribution in [3.05, 3.63) is 48.5 Å². The summed E-state index contributed by atoms with van der Waals surface area (Å²) in [6.45, 7) is 0.101. The summed E-state index contributed by atoms with van der Waals surface area (Å²) < 4.78 is 37.4. The zero-order valence-corrected chi connectivity index (χ0v) is 13.6. The second-order valence-corrected chi connectivity index (χ2v) is 6.47. The van der Waals surface area contributed by atoms with Gasteiger partial charge in [0, 0.05) is 6.54 Å². The molecule has 0 spiro atoms. The molecule has 0 amide bonds. The van der Waals surface area contributed by atoms with E-state index in [1.807, 2.05) is 6.07 Å². The molecule has 2 aromatic carbocycles. The van der Waals surface area contributed by atoms with Crippen LogP contribution in [-0.4, -0.2) is 36.6 Å². The highest BCUT2D eigenvalue weighted by Gasteiger charge is 2.15. The van der Waals surface area contributed by atoms with Crippen LogP contribution in [0.3, 0.4) is 0 Å². The third-order valence-electron chi connectivity index (χ3n) is 2.93. The fourth-order valence-electron chi connectivity index (χ4n) is 1.79. The van der Waals surface area contributed by atoms with Crippen LogP contribution in [0.4, 0.5) is 5.69 Å². The zero-order valence-electron chi connectivity index (χ0n) is 12.0. The maximum atomic E-state index is 11.3. The number of aliphatic hydroxyl groups is 1. The number of anilines is 1. The molecule has 0 radical (unpaired) electrons. The van der Waals surface area contributed by atoms with Gasteiger partial charge in [-0.2, -0.15) is 8.42 Å². The van der Waals surface area contributed by atoms with Crippen LogP contribution in [0.1, 0.15) is 0 Å². The number of nitrogens with one attached hydrogen (secondary N) is 1. The summed E-state index contributed by atoms with van der Waals surface area (Å²) in [5, 5.41) is 12.4. The molecule has 0 aliphatic carbocycles. The number of rotatable bonds is 7. The smallest absolute Gasteiger partial charge is 0.294 e. The van der Waals surface area contributed by atoms with Crippen molar-refractivity contribution in [2.24, 2.45) is 0 Å². The van der Waals surface area contributed by atoms with Crippen LogP contribution in [0.5, 0.6) is 11.5 Å². The summed E-state index contributed by atoms with van der Waals surface area (Å²) in [6, 6.07) is 12.8. The first-order valence-electron chi connectivity index (χ1n) is 6.72. The fourth-order valence-corrected chi connectivity index (χ4v) is 2.41. The molecule has 1 unspecified atom stereocenters. The Bertz CT molecular complexity index is 752. The second kappa shape index (κ2) is 7.65. The first kappa shape index (κ1) is 17.6. The van der Waals surface area contributed by atoms with Crippen LogP contribution < -0.4 is 10.1 Å². The predicted molar refractivity (Wildman–Crippen MR) is 88.0 cm³/mol. The van der Waals surface area contributed by atoms with Crippen LogP contribution in [0.2, 0.25) is 0 Å². The van der Waals surface area contributed by atoms with Gasteiger partial charge < -0.3 is 15.2 Å². The lowest BCUT2D eigenvalue weighted by molar-refractivity contribution is 0.211. The molecule has 0 aliphatic rings. The molecule has 3 N–H and O–H groups in total. The molecule has 0 bridgehead atoms. The van der Waals surface area contributed by atoms with Crippen molar-refractivity contribution in [3.8, 4) is 11.5 Å². The summed E-state index contributed by atoms with van der Waals surface area (Å²) in [4.78, 5) is -0.277. The summed E-state index contributed by atoms with van der Waals surface area (Å²) in [5.41, 5.74) is 0.313. The van der Waals surface area contributed by atoms with Crippen LogP contribution in [-0.2, 0) is 10.1 Å². The molecule has 124 valence electrons. The minimum absolute atomic E-state index is 0.0276. The van der Waals surface area contributed by atoms with Gasteiger partial charge >= 0.3 is 0 Å². The van der Waals surface area contributed by atoms with E-state index in [1.165, 1.54) is 18.2 Å². The number of hydrogen-bond donors (Lipinski definition) is 3. The van der Waals surface area contributed by atoms with Crippen molar-refractivity contribution in [2.45, 2.75) is 11.0 Å². The molecule has 23 heavy (non-hydrogen) atoms. The van der Waals surface area contributed by atoms with E-state index < -0.39 is 16.2 Å². The Morgan fingerprint density at radius 2 is 1.87 bits per heavy atom. The molecule has 2 rings (SSSR count). The number of para-hydroxylation sites is 1. The highest BCUT2D eigenvalue weighted by atomic mass is 35.5. The van der Waals surface area contributed by atoms with Crippen LogP contribution in [0.25, 0.3) is 0 Å². The Morgan fingerprint density at radius 3 is 2.48 bits per heavy atom. The quantitative estimate of drug-likeness (QED) is 0.521. The Labute approximate surface area is 139 Å². The number of alkyl halides is 1. The summed E-state index contributed by atoms with van der Waals surface area (Å²) >= 11 is 5.53. The lowest BCUT2D eigenvalue weighted by Crippen LogP contribution is -2.21. The highest BCUT2D eigenvalue weighted by Crippen LogP contribution is 2.31. The molecule has 0 saturated heterocycles. The third kappa shape index (κ3) is 5.11. The second-order valence-electron chi connectivity index (χ2n) is 4.74. The minimum atomic E-state index is -4.34. The van der Waals surface area contributed by atoms with Crippen LogP contribution in [0.15, 0.2) is 53.4 Å². The molecular formula is C15H16ClNO5S. The van der Waals surface area contributed by atoms with Crippen molar-refractivity contribution in [1.29, 1.82) is 0 Å². The third-order valence-corrected chi connectivity index (χ3v) is 4.13. The first-order valence-corrected chi connectivity index (χ1v) is 8.70. The summed E-state index contributed by atoms with van der Waals surface area (Å²) in [7, 11) is -4.34. The highest BCUT2D eigenvalue weighted by molar-refractivity contribution is 7.85. The van der Waals surface area contributed by atoms with Crippen molar-refractivity contribution < 1.29 is 22.8 Å². The van der Waals surface area contributed by atoms with Crippen molar-refractivity contribution in [3.63, 3.8) is 0 Å². The van der Waals surface area contributed by atoms with Gasteiger partial charge in [-0.15, -0.1) is 11.6 Å². The van der Waals surface area contributed by atoms with Gasteiger partial charge in [-0.25, -0.2) is 0 Å². The Kier molecular flexibility index (Phi) is 5.84. The largest absolute Gasteiger partial charge is 0.455 e. The maximum Gasteiger partial charge on any atom is 0.294 e. The Balaban J connectivity index is 2.32. The Hall–Kier alpha value is -1.80. The number of hydrogen-bond acceptors (Lipinski definition) is 5. The minimum Gasteiger partial charge on any atom is -0.455 e. The Morgan fingerprint density at radius 1 is 1.17 bits per heavy atom. The van der Waals surface area contributed by atoms with Gasteiger partial charge in [0.1, 0.15) is 5.75 Å². The van der Waals surface area contributed by atoms with Gasteiger partial charge in [-0.3, -0.25) is 4.55 Å². The lowest BCUT2D eigenvalue weighted by Gasteiger charge is -2.15. The number of ether oxygens (including phenoxy) is 1. The first-order chi connectivity index (χ1) is 10.9. The van der Waals surface area contributed by atoms with Crippen LogP contribution in [0, 0.1) is 0 Å². The normalized spacial score (nSPS) is 12.7. The van der Waals surface area contributed by atoms with Gasteiger partial charge in [0.05, 0.1) is 22.6 Å². The van der Waals surface area contributed by atoms with E-state index in [1.54, 1.807) is 24.3 Å². The van der Waals surface area contributed by atoms with Crippen LogP contribution >= 0.6 is 11.6 Å². The van der Waals surface area contributed by atoms with E-state index in [0.717, 1.165) is 0 Å². The zero-order chi connectivity index (χ0) is 16.9. The van der Waals surface area contributed by atoms with Gasteiger partial charge in [0.2, 0.25) is 0 Å². The number of aliphatic hydroxyl groups excluding tert-OH is 1. The molecule has 0 saturated carbocycles. The van der Waals surface area contributed by atoms with Gasteiger partial charge in [-0.05, 0) is 30.3 Å². The topological polar surface area (TPSA) is 95.9 Å². The van der Waals surface area contributed by atoms with Gasteiger partial charge in [-0.1, -0.05) is 18.2 Å². The molecule has 6 nitrogen and oxygen atoms in total. The fraction of sp³-hybridized carbons (Fsp3) is 0.200. The van der Waals surface area contributed by atoms with E-state index in [0.29, 0.717) is 17.2 Å². The average Bonchev–Trinajstić information content (AvgIpc) is 2.53. The molecular weight excluding hydrogens is 342 g/mol. The lowest BCUT2D eigenvalue weighted by atomic mass is 10.2. The van der Waals surface area contributed by atoms with E-state index in [4.69, 9.17) is 20.9 Å².